The van der Waals surface area contributed by atoms with Crippen molar-refractivity contribution in [3.8, 4) is 0 Å². The lowest BCUT2D eigenvalue weighted by Crippen LogP contribution is -2.30. The molecule has 2 rings (SSSR count). The van der Waals surface area contributed by atoms with Crippen LogP contribution in [0.25, 0.3) is 0 Å². The van der Waals surface area contributed by atoms with Gasteiger partial charge in [-0.2, -0.15) is 0 Å². The molecule has 2 heteroatoms. The highest BCUT2D eigenvalue weighted by Gasteiger charge is 2.23. The topological polar surface area (TPSA) is 15.3 Å². The number of hydrogen-bond donors (Lipinski definition) is 1. The minimum atomic E-state index is 0.998. The van der Waals surface area contributed by atoms with Crippen LogP contribution < -0.4 is 5.32 Å². The van der Waals surface area contributed by atoms with Crippen LogP contribution in [0.15, 0.2) is 0 Å². The van der Waals surface area contributed by atoms with Crippen molar-refractivity contribution in [2.45, 2.75) is 32.1 Å². The lowest BCUT2D eigenvalue weighted by Gasteiger charge is -2.25. The normalized spacial score (nSPS) is 24.4. The van der Waals surface area contributed by atoms with Gasteiger partial charge in [-0.05, 0) is 70.6 Å². The summed E-state index contributed by atoms with van der Waals surface area (Å²) in [6.45, 7) is 5.17. The van der Waals surface area contributed by atoms with Crippen LogP contribution in [0.5, 0.6) is 0 Å². The van der Waals surface area contributed by atoms with Crippen molar-refractivity contribution in [2.24, 2.45) is 11.8 Å². The molecule has 0 amide bonds. The van der Waals surface area contributed by atoms with Gasteiger partial charge in [0.05, 0.1) is 0 Å². The molecule has 2 nitrogen and oxygen atoms in total. The van der Waals surface area contributed by atoms with E-state index in [1.165, 1.54) is 58.3 Å². The Morgan fingerprint density at radius 3 is 2.43 bits per heavy atom. The average Bonchev–Trinajstić information content (AvgIpc) is 3.00. The molecule has 1 N–H and O–H groups in total. The Morgan fingerprint density at radius 1 is 1.07 bits per heavy atom. The zero-order chi connectivity index (χ0) is 9.80. The predicted octanol–water partition coefficient (Wildman–Crippen LogP) is 1.72. The molecule has 2 fully saturated rings. The molecule has 0 unspecified atom stereocenters. The molecule has 0 atom stereocenters. The zero-order valence-corrected chi connectivity index (χ0v) is 9.47. The van der Waals surface area contributed by atoms with Gasteiger partial charge < -0.3 is 10.2 Å². The molecule has 0 spiro atoms. The largest absolute Gasteiger partial charge is 0.317 e. The van der Waals surface area contributed by atoms with Gasteiger partial charge >= 0.3 is 0 Å². The van der Waals surface area contributed by atoms with Crippen LogP contribution in [0.3, 0.4) is 0 Å². The molecular formula is C12H24N2. The van der Waals surface area contributed by atoms with Crippen molar-refractivity contribution in [3.05, 3.63) is 0 Å². The summed E-state index contributed by atoms with van der Waals surface area (Å²) in [4.78, 5) is 2.54. The second kappa shape index (κ2) is 5.13. The summed E-state index contributed by atoms with van der Waals surface area (Å²) in [5.41, 5.74) is 0. The van der Waals surface area contributed by atoms with Crippen LogP contribution in [0.4, 0.5) is 0 Å². The van der Waals surface area contributed by atoms with E-state index in [9.17, 15) is 0 Å². The van der Waals surface area contributed by atoms with E-state index in [0.29, 0.717) is 0 Å². The van der Waals surface area contributed by atoms with Crippen LogP contribution in [0.2, 0.25) is 0 Å². The fraction of sp³-hybridized carbons (Fsp3) is 1.00. The first kappa shape index (κ1) is 10.4. The van der Waals surface area contributed by atoms with Gasteiger partial charge in [0.25, 0.3) is 0 Å². The van der Waals surface area contributed by atoms with Gasteiger partial charge in [0, 0.05) is 6.54 Å². The van der Waals surface area contributed by atoms with Crippen LogP contribution in [0, 0.1) is 11.8 Å². The minimum Gasteiger partial charge on any atom is -0.317 e. The van der Waals surface area contributed by atoms with E-state index in [-0.39, 0.29) is 0 Å². The SMILES string of the molecule is CN(CCC1CCNCC1)CC1CC1. The lowest BCUT2D eigenvalue weighted by atomic mass is 9.94. The van der Waals surface area contributed by atoms with E-state index >= 15 is 0 Å². The third-order valence-electron chi connectivity index (χ3n) is 3.64. The summed E-state index contributed by atoms with van der Waals surface area (Å²) < 4.78 is 0. The molecule has 0 aromatic rings. The molecule has 0 bridgehead atoms. The van der Waals surface area contributed by atoms with Crippen LogP contribution in [0.1, 0.15) is 32.1 Å². The molecule has 82 valence electrons. The van der Waals surface area contributed by atoms with E-state index in [1.54, 1.807) is 0 Å². The summed E-state index contributed by atoms with van der Waals surface area (Å²) in [5.74, 6) is 2.05. The van der Waals surface area contributed by atoms with Crippen LogP contribution >= 0.6 is 0 Å². The van der Waals surface area contributed by atoms with Crippen LogP contribution in [-0.4, -0.2) is 38.1 Å². The zero-order valence-electron chi connectivity index (χ0n) is 9.47. The maximum absolute atomic E-state index is 3.43. The fourth-order valence-electron chi connectivity index (χ4n) is 2.41. The fourth-order valence-corrected chi connectivity index (χ4v) is 2.41. The molecule has 1 aliphatic heterocycles. The molecule has 0 aromatic carbocycles. The molecule has 1 heterocycles. The highest BCUT2D eigenvalue weighted by atomic mass is 15.1. The third kappa shape index (κ3) is 3.58. The number of nitrogens with zero attached hydrogens (tertiary/aromatic N) is 1. The number of nitrogens with one attached hydrogen (secondary N) is 1. The first-order chi connectivity index (χ1) is 6.84. The first-order valence-corrected chi connectivity index (χ1v) is 6.24. The highest BCUT2D eigenvalue weighted by molar-refractivity contribution is 4.77. The molecular weight excluding hydrogens is 172 g/mol. The highest BCUT2D eigenvalue weighted by Crippen LogP contribution is 2.29. The van der Waals surface area contributed by atoms with Gasteiger partial charge in [0.15, 0.2) is 0 Å². The van der Waals surface area contributed by atoms with Crippen molar-refractivity contribution in [2.75, 3.05) is 33.2 Å². The molecule has 0 aromatic heterocycles. The molecule has 2 aliphatic rings. The molecule has 0 radical (unpaired) electrons. The van der Waals surface area contributed by atoms with Crippen LogP contribution in [-0.2, 0) is 0 Å². The van der Waals surface area contributed by atoms with Gasteiger partial charge in [-0.25, -0.2) is 0 Å². The van der Waals surface area contributed by atoms with E-state index in [1.807, 2.05) is 0 Å². The smallest absolute Gasteiger partial charge is 0.000661 e. The Kier molecular flexibility index (Phi) is 3.82. The predicted molar refractivity (Wildman–Crippen MR) is 60.4 cm³/mol. The second-order valence-corrected chi connectivity index (χ2v) is 5.19. The van der Waals surface area contributed by atoms with Crippen molar-refractivity contribution in [1.82, 2.24) is 10.2 Å². The Bertz CT molecular complexity index is 160. The second-order valence-electron chi connectivity index (χ2n) is 5.19. The van der Waals surface area contributed by atoms with E-state index in [0.717, 1.165) is 11.8 Å². The molecule has 14 heavy (non-hydrogen) atoms. The van der Waals surface area contributed by atoms with Crippen molar-refractivity contribution >= 4 is 0 Å². The summed E-state index contributed by atoms with van der Waals surface area (Å²) in [5, 5.41) is 3.43. The lowest BCUT2D eigenvalue weighted by molar-refractivity contribution is 0.264. The Labute approximate surface area is 88.1 Å². The Hall–Kier alpha value is -0.0800. The summed E-state index contributed by atoms with van der Waals surface area (Å²) in [6.07, 6.45) is 7.19. The van der Waals surface area contributed by atoms with E-state index in [2.05, 4.69) is 17.3 Å². The maximum atomic E-state index is 3.43. The standard InChI is InChI=1S/C12H24N2/c1-14(10-12-2-3-12)9-6-11-4-7-13-8-5-11/h11-13H,2-10H2,1H3. The Balaban J connectivity index is 1.55. The quantitative estimate of drug-likeness (QED) is 0.720. The van der Waals surface area contributed by atoms with Crippen molar-refractivity contribution in [3.63, 3.8) is 0 Å². The summed E-state index contributed by atoms with van der Waals surface area (Å²) in [7, 11) is 2.29. The summed E-state index contributed by atoms with van der Waals surface area (Å²) >= 11 is 0. The molecule has 1 saturated heterocycles. The van der Waals surface area contributed by atoms with Gasteiger partial charge in [-0.15, -0.1) is 0 Å². The van der Waals surface area contributed by atoms with Gasteiger partial charge in [-0.3, -0.25) is 0 Å². The average molecular weight is 196 g/mol. The van der Waals surface area contributed by atoms with Gasteiger partial charge in [-0.1, -0.05) is 0 Å². The van der Waals surface area contributed by atoms with Gasteiger partial charge in [0.2, 0.25) is 0 Å². The van der Waals surface area contributed by atoms with E-state index in [4.69, 9.17) is 0 Å². The minimum absolute atomic E-state index is 0.998. The van der Waals surface area contributed by atoms with Crippen molar-refractivity contribution in [1.29, 1.82) is 0 Å². The van der Waals surface area contributed by atoms with Crippen molar-refractivity contribution < 1.29 is 0 Å². The first-order valence-electron chi connectivity index (χ1n) is 6.24. The number of piperidine rings is 1. The monoisotopic (exact) mass is 196 g/mol. The molecule has 1 aliphatic carbocycles. The third-order valence-corrected chi connectivity index (χ3v) is 3.64. The summed E-state index contributed by atoms with van der Waals surface area (Å²) in [6, 6.07) is 0. The maximum Gasteiger partial charge on any atom is 0.000661 e. The Morgan fingerprint density at radius 2 is 1.79 bits per heavy atom. The van der Waals surface area contributed by atoms with Gasteiger partial charge in [0.1, 0.15) is 0 Å². The molecule has 1 saturated carbocycles. The van der Waals surface area contributed by atoms with E-state index < -0.39 is 0 Å². The number of rotatable bonds is 5. The number of hydrogen-bond acceptors (Lipinski definition) is 2.